The third-order valence-electron chi connectivity index (χ3n) is 5.47. The molecule has 184 valence electrons. The quantitative estimate of drug-likeness (QED) is 0.343. The molecule has 0 saturated carbocycles. The fraction of sp³-hybridized carbons (Fsp3) is 0.160. The van der Waals surface area contributed by atoms with Crippen molar-refractivity contribution in [1.82, 2.24) is 20.2 Å². The van der Waals surface area contributed by atoms with E-state index in [1.807, 2.05) is 30.3 Å². The Morgan fingerprint density at radius 1 is 0.972 bits per heavy atom. The molecule has 3 heterocycles. The zero-order chi connectivity index (χ0) is 25.0. The highest BCUT2D eigenvalue weighted by molar-refractivity contribution is 5.75. The second-order valence-electron chi connectivity index (χ2n) is 7.92. The van der Waals surface area contributed by atoms with E-state index in [1.54, 1.807) is 29.4 Å². The summed E-state index contributed by atoms with van der Waals surface area (Å²) in [7, 11) is 0. The number of pyridine rings is 1. The lowest BCUT2D eigenvalue weighted by molar-refractivity contribution is -0.137. The summed E-state index contributed by atoms with van der Waals surface area (Å²) >= 11 is 0. The molecular weight excluding hydrogens is 473 g/mol. The van der Waals surface area contributed by atoms with E-state index in [-0.39, 0.29) is 12.5 Å². The highest BCUT2D eigenvalue weighted by Gasteiger charge is 2.31. The average molecular weight is 494 g/mol. The number of H-pyrrole nitrogens is 1. The van der Waals surface area contributed by atoms with Gasteiger partial charge in [-0.3, -0.25) is 9.88 Å². The molecule has 0 atom stereocenters. The molecule has 0 amide bonds. The minimum Gasteiger partial charge on any atom is -0.459 e. The summed E-state index contributed by atoms with van der Waals surface area (Å²) in [5.74, 6) is 1.09. The number of hydrogen-bond donors (Lipinski definition) is 2. The number of aromatic amines is 1. The van der Waals surface area contributed by atoms with E-state index in [0.717, 1.165) is 23.3 Å². The van der Waals surface area contributed by atoms with Crippen molar-refractivity contribution in [1.29, 1.82) is 0 Å². The molecule has 8 nitrogen and oxygen atoms in total. The van der Waals surface area contributed by atoms with Crippen LogP contribution in [0.1, 0.15) is 16.7 Å². The summed E-state index contributed by atoms with van der Waals surface area (Å²) in [4.78, 5) is 8.83. The van der Waals surface area contributed by atoms with Gasteiger partial charge in [-0.05, 0) is 41.5 Å². The van der Waals surface area contributed by atoms with E-state index in [4.69, 9.17) is 9.47 Å². The molecule has 0 saturated heterocycles. The van der Waals surface area contributed by atoms with Gasteiger partial charge in [-0.15, -0.1) is 10.2 Å². The Kier molecular flexibility index (Phi) is 6.44. The number of hydrogen-bond acceptors (Lipinski definition) is 7. The smallest absolute Gasteiger partial charge is 0.416 e. The predicted molar refractivity (Wildman–Crippen MR) is 126 cm³/mol. The summed E-state index contributed by atoms with van der Waals surface area (Å²) in [6.07, 6.45) is 0.233. The van der Waals surface area contributed by atoms with Gasteiger partial charge < -0.3 is 19.8 Å². The highest BCUT2D eigenvalue weighted by Crippen LogP contribution is 2.36. The minimum absolute atomic E-state index is 0.0730. The summed E-state index contributed by atoms with van der Waals surface area (Å²) in [6, 6.07) is 16.7. The van der Waals surface area contributed by atoms with Crippen molar-refractivity contribution in [2.24, 2.45) is 0 Å². The van der Waals surface area contributed by atoms with E-state index in [9.17, 15) is 13.2 Å². The molecule has 2 aromatic carbocycles. The van der Waals surface area contributed by atoms with Crippen molar-refractivity contribution in [3.63, 3.8) is 0 Å². The van der Waals surface area contributed by atoms with Crippen LogP contribution in [0.15, 0.2) is 85.2 Å². The second-order valence-corrected chi connectivity index (χ2v) is 7.92. The molecule has 0 bridgehead atoms. The van der Waals surface area contributed by atoms with Gasteiger partial charge in [0.2, 0.25) is 18.6 Å². The number of ether oxygens (including phenoxy) is 2. The number of aromatic nitrogens is 4. The minimum atomic E-state index is -4.49. The van der Waals surface area contributed by atoms with E-state index in [1.165, 1.54) is 12.3 Å². The molecule has 0 fully saturated rings. The molecule has 0 radical (unpaired) electrons. The first-order chi connectivity index (χ1) is 17.5. The number of alkyl halides is 3. The predicted octanol–water partition coefficient (Wildman–Crippen LogP) is 5.31. The summed E-state index contributed by atoms with van der Waals surface area (Å²) < 4.78 is 51.1. The standard InChI is InChI=1S/C25H21F3N6O2/c26-25(27,28)19-6-7-20(21(12-19)30-13-17-8-10-29-11-9-17)23-31-24(33-32-23)34(22-15-35-16-36-22)14-18-4-2-1-3-5-18/h1-12,15,30H,13-14,16H2,(H,31,32,33). The maximum Gasteiger partial charge on any atom is 0.416 e. The second kappa shape index (κ2) is 9.98. The van der Waals surface area contributed by atoms with Gasteiger partial charge in [-0.25, -0.2) is 0 Å². The Hall–Kier alpha value is -4.54. The molecule has 36 heavy (non-hydrogen) atoms. The molecule has 0 aliphatic carbocycles. The van der Waals surface area contributed by atoms with Crippen LogP contribution in [0.5, 0.6) is 0 Å². The summed E-state index contributed by atoms with van der Waals surface area (Å²) in [6.45, 7) is 0.782. The number of anilines is 2. The van der Waals surface area contributed by atoms with Crippen LogP contribution in [0, 0.1) is 0 Å². The Labute approximate surface area is 204 Å². The number of halogens is 3. The Bertz CT molecular complexity index is 1340. The van der Waals surface area contributed by atoms with Crippen LogP contribution >= 0.6 is 0 Å². The van der Waals surface area contributed by atoms with Crippen molar-refractivity contribution in [2.45, 2.75) is 19.3 Å². The van der Waals surface area contributed by atoms with Crippen LogP contribution in [0.3, 0.4) is 0 Å². The maximum atomic E-state index is 13.4. The molecule has 1 aliphatic rings. The fourth-order valence-corrected chi connectivity index (χ4v) is 3.67. The summed E-state index contributed by atoms with van der Waals surface area (Å²) in [5, 5.41) is 11.6. The topological polar surface area (TPSA) is 88.2 Å². The van der Waals surface area contributed by atoms with Crippen molar-refractivity contribution >= 4 is 11.6 Å². The Morgan fingerprint density at radius 3 is 2.50 bits per heavy atom. The van der Waals surface area contributed by atoms with Gasteiger partial charge in [-0.2, -0.15) is 13.2 Å². The lowest BCUT2D eigenvalue weighted by Crippen LogP contribution is -2.23. The lowest BCUT2D eigenvalue weighted by Gasteiger charge is -2.20. The van der Waals surface area contributed by atoms with Gasteiger partial charge in [0, 0.05) is 30.2 Å². The third kappa shape index (κ3) is 5.24. The van der Waals surface area contributed by atoms with Gasteiger partial charge in [0.15, 0.2) is 5.82 Å². The molecule has 2 aromatic heterocycles. The molecule has 5 rings (SSSR count). The Balaban J connectivity index is 1.47. The van der Waals surface area contributed by atoms with E-state index >= 15 is 0 Å². The molecular formula is C25H21F3N6O2. The van der Waals surface area contributed by atoms with Crippen molar-refractivity contribution < 1.29 is 22.6 Å². The third-order valence-corrected chi connectivity index (χ3v) is 5.47. The van der Waals surface area contributed by atoms with Crippen LogP contribution in [0.25, 0.3) is 11.4 Å². The zero-order valence-corrected chi connectivity index (χ0v) is 18.9. The van der Waals surface area contributed by atoms with Crippen LogP contribution < -0.4 is 10.2 Å². The van der Waals surface area contributed by atoms with E-state index < -0.39 is 11.7 Å². The van der Waals surface area contributed by atoms with Crippen LogP contribution in [-0.4, -0.2) is 27.0 Å². The maximum absolute atomic E-state index is 13.4. The number of nitrogens with zero attached hydrogens (tertiary/aromatic N) is 4. The van der Waals surface area contributed by atoms with Gasteiger partial charge in [0.05, 0.1) is 12.1 Å². The lowest BCUT2D eigenvalue weighted by atomic mass is 10.1. The molecule has 0 unspecified atom stereocenters. The van der Waals surface area contributed by atoms with Crippen molar-refractivity contribution in [2.75, 3.05) is 17.0 Å². The monoisotopic (exact) mass is 494 g/mol. The Morgan fingerprint density at radius 2 is 1.78 bits per heavy atom. The van der Waals surface area contributed by atoms with Crippen molar-refractivity contribution in [3.05, 3.63) is 102 Å². The highest BCUT2D eigenvalue weighted by atomic mass is 19.4. The average Bonchev–Trinajstić information content (AvgIpc) is 3.60. The molecule has 0 spiro atoms. The number of nitrogens with one attached hydrogen (secondary N) is 2. The van der Waals surface area contributed by atoms with Gasteiger partial charge in [-0.1, -0.05) is 30.3 Å². The van der Waals surface area contributed by atoms with Crippen LogP contribution in [0.2, 0.25) is 0 Å². The zero-order valence-electron chi connectivity index (χ0n) is 18.9. The molecule has 1 aliphatic heterocycles. The first kappa shape index (κ1) is 23.2. The SMILES string of the molecule is FC(F)(F)c1ccc(-c2nnc(N(Cc3ccccc3)C3=COCO3)[nH]2)c(NCc2ccncc2)c1. The summed E-state index contributed by atoms with van der Waals surface area (Å²) in [5.41, 5.74) is 1.79. The molecule has 4 aromatic rings. The first-order valence-corrected chi connectivity index (χ1v) is 11.0. The van der Waals surface area contributed by atoms with Gasteiger partial charge in [0.1, 0.15) is 6.26 Å². The van der Waals surface area contributed by atoms with E-state index in [2.05, 4.69) is 25.5 Å². The van der Waals surface area contributed by atoms with Crippen LogP contribution in [0.4, 0.5) is 24.8 Å². The molecule has 11 heteroatoms. The normalized spacial score (nSPS) is 13.0. The first-order valence-electron chi connectivity index (χ1n) is 11.0. The van der Waals surface area contributed by atoms with E-state index in [0.29, 0.717) is 36.3 Å². The van der Waals surface area contributed by atoms with Crippen LogP contribution in [-0.2, 0) is 28.7 Å². The largest absolute Gasteiger partial charge is 0.459 e. The molecule has 2 N–H and O–H groups in total. The van der Waals surface area contributed by atoms with Crippen molar-refractivity contribution in [3.8, 4) is 11.4 Å². The number of rotatable bonds is 8. The van der Waals surface area contributed by atoms with Gasteiger partial charge in [0.25, 0.3) is 0 Å². The number of benzene rings is 2. The fourth-order valence-electron chi connectivity index (χ4n) is 3.67. The van der Waals surface area contributed by atoms with Gasteiger partial charge >= 0.3 is 6.18 Å².